The number of hydrogen-bond donors (Lipinski definition) is 1. The van der Waals surface area contributed by atoms with Crippen LogP contribution in [0, 0.1) is 0 Å². The number of fused-ring (bicyclic) bond motifs is 2. The van der Waals surface area contributed by atoms with E-state index in [0.717, 1.165) is 25.0 Å². The van der Waals surface area contributed by atoms with Gasteiger partial charge in [0.25, 0.3) is 0 Å². The molecule has 0 aliphatic heterocycles. The number of aromatic nitrogens is 3. The van der Waals surface area contributed by atoms with Gasteiger partial charge in [0, 0.05) is 12.7 Å². The third kappa shape index (κ3) is 2.42. The van der Waals surface area contributed by atoms with E-state index >= 15 is 0 Å². The first-order chi connectivity index (χ1) is 11.6. The Labute approximate surface area is 137 Å². The Morgan fingerprint density at radius 2 is 2.21 bits per heavy atom. The number of oxazole rings is 1. The van der Waals surface area contributed by atoms with Gasteiger partial charge in [0.05, 0.1) is 17.8 Å². The van der Waals surface area contributed by atoms with E-state index in [1.165, 1.54) is 15.8 Å². The van der Waals surface area contributed by atoms with Crippen LogP contribution in [0.5, 0.6) is 0 Å². The number of carbonyl (C=O) groups is 1. The second-order valence-corrected chi connectivity index (χ2v) is 6.15. The van der Waals surface area contributed by atoms with Crippen molar-refractivity contribution in [2.75, 3.05) is 7.05 Å². The molecule has 2 aromatic heterocycles. The predicted molar refractivity (Wildman–Crippen MR) is 87.6 cm³/mol. The summed E-state index contributed by atoms with van der Waals surface area (Å²) < 4.78 is 6.53. The van der Waals surface area contributed by atoms with Crippen molar-refractivity contribution < 1.29 is 9.21 Å². The zero-order valence-electron chi connectivity index (χ0n) is 13.4. The van der Waals surface area contributed by atoms with Gasteiger partial charge in [-0.1, -0.05) is 12.1 Å². The molecule has 24 heavy (non-hydrogen) atoms. The number of nitrogens with zero attached hydrogens (tertiary/aromatic N) is 3. The summed E-state index contributed by atoms with van der Waals surface area (Å²) in [4.78, 5) is 26.1. The van der Waals surface area contributed by atoms with Gasteiger partial charge in [0.1, 0.15) is 6.54 Å². The van der Waals surface area contributed by atoms with E-state index in [1.54, 1.807) is 30.1 Å². The van der Waals surface area contributed by atoms with Gasteiger partial charge >= 0.3 is 5.76 Å². The van der Waals surface area contributed by atoms with Crippen molar-refractivity contribution in [2.45, 2.75) is 32.4 Å². The number of aryl methyl sites for hydroxylation is 1. The number of rotatable bonds is 4. The summed E-state index contributed by atoms with van der Waals surface area (Å²) in [5.74, 6) is -0.669. The van der Waals surface area contributed by atoms with E-state index < -0.39 is 5.76 Å². The lowest BCUT2D eigenvalue weighted by Gasteiger charge is -2.16. The summed E-state index contributed by atoms with van der Waals surface area (Å²) >= 11 is 0. The summed E-state index contributed by atoms with van der Waals surface area (Å²) in [5.41, 5.74) is 4.46. The number of benzene rings is 1. The minimum atomic E-state index is -0.515. The number of nitrogens with one attached hydrogen (secondary N) is 1. The number of para-hydroxylation sites is 2. The summed E-state index contributed by atoms with van der Waals surface area (Å²) in [6.07, 6.45) is 3.16. The lowest BCUT2D eigenvalue weighted by Crippen LogP contribution is -2.32. The van der Waals surface area contributed by atoms with Crippen LogP contribution in [-0.4, -0.2) is 32.6 Å². The third-order valence-electron chi connectivity index (χ3n) is 4.57. The standard InChI is InChI=1S/C17H18N4O3/c1-20(9-13-11-5-4-6-12(11)18-19-13)16(22)10-21-14-7-2-3-8-15(14)24-17(21)23/h2-3,7-8H,4-6,9-10H2,1H3,(H,18,19). The summed E-state index contributed by atoms with van der Waals surface area (Å²) in [6.45, 7) is 0.397. The second-order valence-electron chi connectivity index (χ2n) is 6.15. The predicted octanol–water partition coefficient (Wildman–Crippen LogP) is 1.46. The lowest BCUT2D eigenvalue weighted by molar-refractivity contribution is -0.131. The Bertz CT molecular complexity index is 966. The largest absolute Gasteiger partial charge is 0.420 e. The highest BCUT2D eigenvalue weighted by Crippen LogP contribution is 2.23. The van der Waals surface area contributed by atoms with Crippen LogP contribution in [0.3, 0.4) is 0 Å². The Morgan fingerprint density at radius 3 is 3.08 bits per heavy atom. The quantitative estimate of drug-likeness (QED) is 0.787. The van der Waals surface area contributed by atoms with Crippen molar-refractivity contribution in [3.05, 3.63) is 51.8 Å². The number of carbonyl (C=O) groups excluding carboxylic acids is 1. The molecule has 0 saturated heterocycles. The van der Waals surface area contributed by atoms with Gasteiger partial charge in [-0.25, -0.2) is 4.79 Å². The minimum Gasteiger partial charge on any atom is -0.408 e. The van der Waals surface area contributed by atoms with Gasteiger partial charge in [-0.2, -0.15) is 5.10 Å². The van der Waals surface area contributed by atoms with E-state index in [9.17, 15) is 9.59 Å². The maximum absolute atomic E-state index is 12.5. The highest BCUT2D eigenvalue weighted by molar-refractivity contribution is 5.79. The summed E-state index contributed by atoms with van der Waals surface area (Å²) in [6, 6.07) is 7.10. The van der Waals surface area contributed by atoms with Gasteiger partial charge in [-0.15, -0.1) is 0 Å². The number of hydrogen-bond acceptors (Lipinski definition) is 4. The van der Waals surface area contributed by atoms with Gasteiger partial charge in [-0.05, 0) is 37.0 Å². The molecule has 7 heteroatoms. The minimum absolute atomic E-state index is 0.0427. The molecule has 0 unspecified atom stereocenters. The SMILES string of the molecule is CN(Cc1n[nH]c2c1CCC2)C(=O)Cn1c(=O)oc2ccccc21. The molecule has 124 valence electrons. The van der Waals surface area contributed by atoms with Crippen LogP contribution in [0.2, 0.25) is 0 Å². The molecule has 0 saturated carbocycles. The Kier molecular flexibility index (Phi) is 3.48. The zero-order valence-corrected chi connectivity index (χ0v) is 13.4. The van der Waals surface area contributed by atoms with E-state index in [1.807, 2.05) is 6.07 Å². The summed E-state index contributed by atoms with van der Waals surface area (Å²) in [7, 11) is 1.73. The first-order valence-electron chi connectivity index (χ1n) is 8.01. The maximum Gasteiger partial charge on any atom is 0.420 e. The van der Waals surface area contributed by atoms with Gasteiger partial charge in [0.15, 0.2) is 5.58 Å². The fraction of sp³-hybridized carbons (Fsp3) is 0.353. The first-order valence-corrected chi connectivity index (χ1v) is 8.01. The molecular weight excluding hydrogens is 308 g/mol. The van der Waals surface area contributed by atoms with Gasteiger partial charge in [-0.3, -0.25) is 14.5 Å². The van der Waals surface area contributed by atoms with E-state index in [4.69, 9.17) is 4.42 Å². The molecule has 1 aliphatic carbocycles. The second kappa shape index (κ2) is 5.67. The first kappa shape index (κ1) is 14.7. The van der Waals surface area contributed by atoms with Crippen molar-refractivity contribution in [1.82, 2.24) is 19.7 Å². The van der Waals surface area contributed by atoms with Gasteiger partial charge in [0.2, 0.25) is 5.91 Å². The van der Waals surface area contributed by atoms with E-state index in [2.05, 4.69) is 10.2 Å². The Morgan fingerprint density at radius 1 is 1.38 bits per heavy atom. The highest BCUT2D eigenvalue weighted by atomic mass is 16.4. The third-order valence-corrected chi connectivity index (χ3v) is 4.57. The van der Waals surface area contributed by atoms with Crippen molar-refractivity contribution in [2.24, 2.45) is 0 Å². The molecule has 7 nitrogen and oxygen atoms in total. The normalized spacial score (nSPS) is 13.4. The van der Waals surface area contributed by atoms with Crippen LogP contribution in [0.4, 0.5) is 0 Å². The zero-order chi connectivity index (χ0) is 16.7. The number of amides is 1. The maximum atomic E-state index is 12.5. The molecule has 3 aromatic rings. The van der Waals surface area contributed by atoms with E-state index in [-0.39, 0.29) is 12.5 Å². The average molecular weight is 326 g/mol. The molecule has 4 rings (SSSR count). The molecule has 1 aliphatic rings. The highest BCUT2D eigenvalue weighted by Gasteiger charge is 2.21. The molecule has 0 atom stereocenters. The Hall–Kier alpha value is -2.83. The molecule has 0 bridgehead atoms. The van der Waals surface area contributed by atoms with Crippen molar-refractivity contribution >= 4 is 17.0 Å². The molecular formula is C17H18N4O3. The monoisotopic (exact) mass is 326 g/mol. The molecule has 0 spiro atoms. The fourth-order valence-corrected chi connectivity index (χ4v) is 3.25. The summed E-state index contributed by atoms with van der Waals surface area (Å²) in [5, 5.41) is 7.37. The van der Waals surface area contributed by atoms with Gasteiger partial charge < -0.3 is 9.32 Å². The van der Waals surface area contributed by atoms with Crippen LogP contribution in [0.25, 0.3) is 11.1 Å². The molecule has 1 aromatic carbocycles. The number of likely N-dealkylation sites (N-methyl/N-ethyl adjacent to an activating group) is 1. The van der Waals surface area contributed by atoms with Crippen LogP contribution >= 0.6 is 0 Å². The van der Waals surface area contributed by atoms with Crippen LogP contribution in [0.1, 0.15) is 23.4 Å². The molecule has 0 fully saturated rings. The number of H-pyrrole nitrogens is 1. The molecule has 1 amide bonds. The van der Waals surface area contributed by atoms with Crippen LogP contribution in [0.15, 0.2) is 33.5 Å². The van der Waals surface area contributed by atoms with Crippen LogP contribution in [-0.2, 0) is 30.7 Å². The molecule has 1 N–H and O–H groups in total. The smallest absolute Gasteiger partial charge is 0.408 e. The van der Waals surface area contributed by atoms with Crippen molar-refractivity contribution in [1.29, 1.82) is 0 Å². The van der Waals surface area contributed by atoms with Crippen LogP contribution < -0.4 is 5.76 Å². The topological polar surface area (TPSA) is 84.1 Å². The van der Waals surface area contributed by atoms with E-state index in [0.29, 0.717) is 17.6 Å². The average Bonchev–Trinajstić information content (AvgIpc) is 3.24. The lowest BCUT2D eigenvalue weighted by atomic mass is 10.2. The van der Waals surface area contributed by atoms with Crippen molar-refractivity contribution in [3.8, 4) is 0 Å². The Balaban J connectivity index is 1.53. The molecule has 2 heterocycles. The van der Waals surface area contributed by atoms with Crippen molar-refractivity contribution in [3.63, 3.8) is 0 Å². The molecule has 0 radical (unpaired) electrons. The fourth-order valence-electron chi connectivity index (χ4n) is 3.25. The number of aromatic amines is 1.